The fourth-order valence-corrected chi connectivity index (χ4v) is 2.67. The fraction of sp³-hybridized carbons (Fsp3) is 0.167. The highest BCUT2D eigenvalue weighted by atomic mass is 79.9. The van der Waals surface area contributed by atoms with E-state index in [2.05, 4.69) is 38.9 Å². The quantitative estimate of drug-likeness (QED) is 0.835. The van der Waals surface area contributed by atoms with E-state index in [1.54, 1.807) is 17.4 Å². The van der Waals surface area contributed by atoms with Crippen LogP contribution in [-0.2, 0) is 6.54 Å². The first kappa shape index (κ1) is 12.4. The number of anilines is 2. The van der Waals surface area contributed by atoms with Crippen LogP contribution in [0.15, 0.2) is 27.4 Å². The lowest BCUT2D eigenvalue weighted by molar-refractivity contribution is 0.622. The van der Waals surface area contributed by atoms with Crippen molar-refractivity contribution in [1.82, 2.24) is 0 Å². The summed E-state index contributed by atoms with van der Waals surface area (Å²) in [7, 11) is 0. The van der Waals surface area contributed by atoms with Crippen molar-refractivity contribution < 1.29 is 4.39 Å². The Labute approximate surface area is 112 Å². The van der Waals surface area contributed by atoms with Gasteiger partial charge in [0, 0.05) is 12.6 Å². The lowest BCUT2D eigenvalue weighted by atomic mass is 10.2. The molecule has 2 aromatic rings. The van der Waals surface area contributed by atoms with Crippen LogP contribution in [0.25, 0.3) is 0 Å². The minimum absolute atomic E-state index is 0.347. The van der Waals surface area contributed by atoms with Crippen molar-refractivity contribution in [2.24, 2.45) is 0 Å². The zero-order chi connectivity index (χ0) is 12.4. The van der Waals surface area contributed by atoms with E-state index in [-0.39, 0.29) is 5.82 Å². The third-order valence-electron chi connectivity index (χ3n) is 2.52. The average molecular weight is 315 g/mol. The van der Waals surface area contributed by atoms with Gasteiger partial charge in [-0.1, -0.05) is 0 Å². The van der Waals surface area contributed by atoms with E-state index in [9.17, 15) is 4.39 Å². The molecule has 90 valence electrons. The number of aryl methyl sites for hydroxylation is 1. The average Bonchev–Trinajstić information content (AvgIpc) is 2.68. The van der Waals surface area contributed by atoms with Crippen LogP contribution in [0.1, 0.15) is 11.1 Å². The molecule has 0 amide bonds. The monoisotopic (exact) mass is 314 g/mol. The maximum Gasteiger partial charge on any atom is 0.139 e. The van der Waals surface area contributed by atoms with Gasteiger partial charge in [0.1, 0.15) is 5.82 Å². The molecule has 1 aromatic carbocycles. The molecule has 0 spiro atoms. The molecule has 0 aliphatic carbocycles. The van der Waals surface area contributed by atoms with Crippen molar-refractivity contribution in [3.8, 4) is 0 Å². The van der Waals surface area contributed by atoms with Crippen molar-refractivity contribution in [2.45, 2.75) is 13.5 Å². The van der Waals surface area contributed by atoms with Crippen LogP contribution in [0.5, 0.6) is 0 Å². The molecule has 0 atom stereocenters. The first-order chi connectivity index (χ1) is 8.08. The highest BCUT2D eigenvalue weighted by Gasteiger charge is 2.06. The predicted molar refractivity (Wildman–Crippen MR) is 74.9 cm³/mol. The number of benzene rings is 1. The smallest absolute Gasteiger partial charge is 0.139 e. The van der Waals surface area contributed by atoms with Gasteiger partial charge in [0.05, 0.1) is 15.8 Å². The van der Waals surface area contributed by atoms with Crippen LogP contribution in [0.4, 0.5) is 15.8 Å². The standard InChI is InChI=1S/C12H12BrFN2S/c1-7-5-17-6-8(7)4-16-12-2-9(13)10(14)3-11(12)15/h2-3,5-6,16H,4,15H2,1H3. The van der Waals surface area contributed by atoms with Crippen LogP contribution in [0.3, 0.4) is 0 Å². The molecule has 0 unspecified atom stereocenters. The third kappa shape index (κ3) is 2.79. The summed E-state index contributed by atoms with van der Waals surface area (Å²) in [5.74, 6) is -0.347. The molecule has 5 heteroatoms. The van der Waals surface area contributed by atoms with Crippen molar-refractivity contribution >= 4 is 38.6 Å². The van der Waals surface area contributed by atoms with Gasteiger partial charge in [-0.05, 0) is 50.8 Å². The summed E-state index contributed by atoms with van der Waals surface area (Å²) in [4.78, 5) is 0. The van der Waals surface area contributed by atoms with E-state index in [1.807, 2.05) is 0 Å². The van der Waals surface area contributed by atoms with Crippen molar-refractivity contribution in [1.29, 1.82) is 0 Å². The first-order valence-corrected chi connectivity index (χ1v) is 6.81. The fourth-order valence-electron chi connectivity index (χ4n) is 1.47. The number of nitrogens with one attached hydrogen (secondary N) is 1. The number of thiophene rings is 1. The molecule has 0 saturated heterocycles. The topological polar surface area (TPSA) is 38.0 Å². The number of halogens is 2. The number of nitrogens with two attached hydrogens (primary N) is 1. The van der Waals surface area contributed by atoms with E-state index >= 15 is 0 Å². The number of rotatable bonds is 3. The van der Waals surface area contributed by atoms with E-state index in [0.717, 1.165) is 5.69 Å². The van der Waals surface area contributed by atoms with Crippen molar-refractivity contribution in [3.63, 3.8) is 0 Å². The Morgan fingerprint density at radius 3 is 2.82 bits per heavy atom. The highest BCUT2D eigenvalue weighted by Crippen LogP contribution is 2.27. The lowest BCUT2D eigenvalue weighted by Gasteiger charge is -2.10. The van der Waals surface area contributed by atoms with Gasteiger partial charge in [0.25, 0.3) is 0 Å². The van der Waals surface area contributed by atoms with Crippen LogP contribution < -0.4 is 11.1 Å². The van der Waals surface area contributed by atoms with E-state index in [1.165, 1.54) is 17.2 Å². The Balaban J connectivity index is 2.14. The highest BCUT2D eigenvalue weighted by molar-refractivity contribution is 9.10. The molecule has 0 fully saturated rings. The molecular weight excluding hydrogens is 303 g/mol. The number of hydrogen-bond acceptors (Lipinski definition) is 3. The maximum absolute atomic E-state index is 13.2. The Morgan fingerprint density at radius 2 is 2.18 bits per heavy atom. The molecule has 3 N–H and O–H groups in total. The largest absolute Gasteiger partial charge is 0.397 e. The Hall–Kier alpha value is -1.07. The molecule has 0 radical (unpaired) electrons. The summed E-state index contributed by atoms with van der Waals surface area (Å²) in [5.41, 5.74) is 9.39. The van der Waals surface area contributed by atoms with Gasteiger partial charge >= 0.3 is 0 Å². The van der Waals surface area contributed by atoms with Crippen LogP contribution >= 0.6 is 27.3 Å². The Morgan fingerprint density at radius 1 is 1.41 bits per heavy atom. The van der Waals surface area contributed by atoms with E-state index in [0.29, 0.717) is 16.7 Å². The normalized spacial score (nSPS) is 10.5. The van der Waals surface area contributed by atoms with Gasteiger partial charge in [0.15, 0.2) is 0 Å². The van der Waals surface area contributed by atoms with Gasteiger partial charge in [-0.3, -0.25) is 0 Å². The molecule has 0 aliphatic rings. The van der Waals surface area contributed by atoms with Gasteiger partial charge in [-0.25, -0.2) is 4.39 Å². The molecule has 17 heavy (non-hydrogen) atoms. The van der Waals surface area contributed by atoms with Crippen molar-refractivity contribution in [3.05, 3.63) is 44.3 Å². The second kappa shape index (κ2) is 5.06. The van der Waals surface area contributed by atoms with Crippen LogP contribution in [-0.4, -0.2) is 0 Å². The van der Waals surface area contributed by atoms with Crippen LogP contribution in [0.2, 0.25) is 0 Å². The number of nitrogen functional groups attached to an aromatic ring is 1. The minimum Gasteiger partial charge on any atom is -0.397 e. The zero-order valence-electron chi connectivity index (χ0n) is 9.26. The molecular formula is C12H12BrFN2S. The lowest BCUT2D eigenvalue weighted by Crippen LogP contribution is -2.03. The van der Waals surface area contributed by atoms with Gasteiger partial charge in [-0.15, -0.1) is 0 Å². The first-order valence-electron chi connectivity index (χ1n) is 5.08. The van der Waals surface area contributed by atoms with Crippen molar-refractivity contribution in [2.75, 3.05) is 11.1 Å². The maximum atomic E-state index is 13.2. The zero-order valence-corrected chi connectivity index (χ0v) is 11.7. The molecule has 2 nitrogen and oxygen atoms in total. The SMILES string of the molecule is Cc1cscc1CNc1cc(Br)c(F)cc1N. The van der Waals surface area contributed by atoms with Gasteiger partial charge in [-0.2, -0.15) is 11.3 Å². The Kier molecular flexibility index (Phi) is 3.69. The second-order valence-electron chi connectivity index (χ2n) is 3.79. The van der Waals surface area contributed by atoms with E-state index < -0.39 is 0 Å². The summed E-state index contributed by atoms with van der Waals surface area (Å²) >= 11 is 4.82. The minimum atomic E-state index is -0.347. The predicted octanol–water partition coefficient (Wildman–Crippen LogP) is 4.15. The molecule has 2 rings (SSSR count). The molecule has 0 saturated carbocycles. The summed E-state index contributed by atoms with van der Waals surface area (Å²) < 4.78 is 13.6. The Bertz CT molecular complexity index is 539. The third-order valence-corrected chi connectivity index (χ3v) is 4.04. The number of hydrogen-bond donors (Lipinski definition) is 2. The molecule has 0 bridgehead atoms. The van der Waals surface area contributed by atoms with E-state index in [4.69, 9.17) is 5.73 Å². The molecule has 1 heterocycles. The van der Waals surface area contributed by atoms with Crippen LogP contribution in [0, 0.1) is 12.7 Å². The van der Waals surface area contributed by atoms with Gasteiger partial charge < -0.3 is 11.1 Å². The summed E-state index contributed by atoms with van der Waals surface area (Å²) in [6.45, 7) is 2.76. The summed E-state index contributed by atoms with van der Waals surface area (Å²) in [5, 5.41) is 7.40. The molecule has 1 aromatic heterocycles. The second-order valence-corrected chi connectivity index (χ2v) is 5.39. The summed E-state index contributed by atoms with van der Waals surface area (Å²) in [6, 6.07) is 2.97. The summed E-state index contributed by atoms with van der Waals surface area (Å²) in [6.07, 6.45) is 0. The molecule has 0 aliphatic heterocycles. The van der Waals surface area contributed by atoms with Gasteiger partial charge in [0.2, 0.25) is 0 Å².